The molecule has 0 bridgehead atoms. The Morgan fingerprint density at radius 1 is 1.06 bits per heavy atom. The molecule has 2 aliphatic rings. The van der Waals surface area contributed by atoms with Crippen molar-refractivity contribution in [1.29, 1.82) is 0 Å². The largest absolute Gasteiger partial charge is 0.465 e. The Morgan fingerprint density at radius 2 is 1.76 bits per heavy atom. The lowest BCUT2D eigenvalue weighted by molar-refractivity contribution is -0.152. The number of carboxylic acid groups (broad SMARTS) is 1. The number of ether oxygens (including phenoxy) is 3. The summed E-state index contributed by atoms with van der Waals surface area (Å²) in [5, 5.41) is 9.31. The molecular formula is C24H33N5O5. The van der Waals surface area contributed by atoms with Crippen LogP contribution in [0.3, 0.4) is 0 Å². The van der Waals surface area contributed by atoms with Crippen molar-refractivity contribution in [3.05, 3.63) is 47.2 Å². The monoisotopic (exact) mass is 471 g/mol. The van der Waals surface area contributed by atoms with Gasteiger partial charge in [-0.15, -0.1) is 0 Å². The van der Waals surface area contributed by atoms with Crippen molar-refractivity contribution in [2.75, 3.05) is 51.8 Å². The topological polar surface area (TPSA) is 100 Å². The molecule has 34 heavy (non-hydrogen) atoms. The molecule has 1 fully saturated rings. The van der Waals surface area contributed by atoms with E-state index in [-0.39, 0.29) is 6.01 Å². The highest BCUT2D eigenvalue weighted by molar-refractivity contribution is 5.65. The van der Waals surface area contributed by atoms with E-state index in [1.807, 2.05) is 13.0 Å². The molecule has 0 aliphatic carbocycles. The van der Waals surface area contributed by atoms with E-state index < -0.39 is 18.5 Å². The van der Waals surface area contributed by atoms with Crippen molar-refractivity contribution in [3.8, 4) is 6.01 Å². The molecule has 1 saturated heterocycles. The molecule has 0 unspecified atom stereocenters. The molecule has 0 radical (unpaired) electrons. The molecule has 3 heterocycles. The van der Waals surface area contributed by atoms with E-state index in [1.54, 1.807) is 14.2 Å². The van der Waals surface area contributed by atoms with E-state index in [0.717, 1.165) is 36.6 Å². The molecule has 2 aliphatic heterocycles. The van der Waals surface area contributed by atoms with Crippen molar-refractivity contribution in [2.24, 2.45) is 0 Å². The molecule has 1 aromatic carbocycles. The number of rotatable bonds is 8. The Labute approximate surface area is 200 Å². The maximum Gasteiger partial charge on any atom is 0.407 e. The third-order valence-corrected chi connectivity index (χ3v) is 6.34. The number of piperazine rings is 1. The quantitative estimate of drug-likeness (QED) is 0.581. The molecule has 1 atom stereocenters. The van der Waals surface area contributed by atoms with E-state index in [2.05, 4.69) is 34.1 Å². The van der Waals surface area contributed by atoms with Gasteiger partial charge in [0, 0.05) is 65.6 Å². The van der Waals surface area contributed by atoms with Crippen molar-refractivity contribution < 1.29 is 24.1 Å². The van der Waals surface area contributed by atoms with E-state index >= 15 is 0 Å². The van der Waals surface area contributed by atoms with Gasteiger partial charge in [-0.3, -0.25) is 4.90 Å². The average molecular weight is 472 g/mol. The Balaban J connectivity index is 1.59. The van der Waals surface area contributed by atoms with Gasteiger partial charge in [0.2, 0.25) is 0 Å². The molecule has 184 valence electrons. The van der Waals surface area contributed by atoms with Crippen LogP contribution in [0.5, 0.6) is 6.01 Å². The number of fused-ring (bicyclic) bond motifs is 1. The van der Waals surface area contributed by atoms with Crippen LogP contribution in [0.4, 0.5) is 10.6 Å². The number of hydrogen-bond acceptors (Lipinski definition) is 8. The summed E-state index contributed by atoms with van der Waals surface area (Å²) in [6.45, 7) is 6.34. The van der Waals surface area contributed by atoms with E-state index in [0.29, 0.717) is 32.7 Å². The zero-order valence-corrected chi connectivity index (χ0v) is 20.0. The van der Waals surface area contributed by atoms with Crippen molar-refractivity contribution >= 4 is 11.9 Å². The first kappa shape index (κ1) is 24.2. The molecule has 4 rings (SSSR count). The Kier molecular flexibility index (Phi) is 7.81. The van der Waals surface area contributed by atoms with Crippen LogP contribution in [-0.2, 0) is 29.0 Å². The predicted octanol–water partition coefficient (Wildman–Crippen LogP) is 2.22. The lowest BCUT2D eigenvalue weighted by atomic mass is 10.0. The second kappa shape index (κ2) is 11.0. The molecule has 10 nitrogen and oxygen atoms in total. The van der Waals surface area contributed by atoms with Gasteiger partial charge in [0.25, 0.3) is 0 Å². The van der Waals surface area contributed by atoms with Crippen LogP contribution in [0.25, 0.3) is 0 Å². The minimum absolute atomic E-state index is 0.280. The summed E-state index contributed by atoms with van der Waals surface area (Å²) in [6.07, 6.45) is -1.01. The van der Waals surface area contributed by atoms with Crippen LogP contribution in [0, 0.1) is 0 Å². The van der Waals surface area contributed by atoms with Crippen molar-refractivity contribution in [2.45, 2.75) is 38.8 Å². The molecule has 10 heteroatoms. The van der Waals surface area contributed by atoms with Gasteiger partial charge in [-0.25, -0.2) is 4.79 Å². The summed E-state index contributed by atoms with van der Waals surface area (Å²) in [6, 6.07) is 10.7. The van der Waals surface area contributed by atoms with Crippen LogP contribution < -0.4 is 9.64 Å². The van der Waals surface area contributed by atoms with E-state index in [4.69, 9.17) is 24.2 Å². The first-order valence-electron chi connectivity index (χ1n) is 11.6. The summed E-state index contributed by atoms with van der Waals surface area (Å²) in [5.41, 5.74) is 3.32. The third kappa shape index (κ3) is 5.57. The number of benzene rings is 1. The number of nitrogens with zero attached hydrogens (tertiary/aromatic N) is 5. The van der Waals surface area contributed by atoms with Gasteiger partial charge in [-0.05, 0) is 18.9 Å². The number of aromatic nitrogens is 2. The second-order valence-corrected chi connectivity index (χ2v) is 8.62. The molecule has 0 spiro atoms. The van der Waals surface area contributed by atoms with Crippen molar-refractivity contribution in [3.63, 3.8) is 0 Å². The van der Waals surface area contributed by atoms with Gasteiger partial charge >= 0.3 is 12.1 Å². The average Bonchev–Trinajstić information content (AvgIpc) is 2.85. The van der Waals surface area contributed by atoms with Gasteiger partial charge in [0.1, 0.15) is 11.9 Å². The van der Waals surface area contributed by atoms with Crippen LogP contribution >= 0.6 is 0 Å². The summed E-state index contributed by atoms with van der Waals surface area (Å²) in [5.74, 6) is 0.836. The summed E-state index contributed by atoms with van der Waals surface area (Å²) in [4.78, 5) is 26.9. The normalized spacial score (nSPS) is 17.5. The highest BCUT2D eigenvalue weighted by atomic mass is 16.7. The Morgan fingerprint density at radius 3 is 2.41 bits per heavy atom. The number of anilines is 1. The van der Waals surface area contributed by atoms with Gasteiger partial charge in [-0.1, -0.05) is 30.3 Å². The first-order valence-corrected chi connectivity index (χ1v) is 11.6. The fourth-order valence-electron chi connectivity index (χ4n) is 4.54. The fourth-order valence-corrected chi connectivity index (χ4v) is 4.54. The molecule has 1 aromatic heterocycles. The zero-order chi connectivity index (χ0) is 24.1. The highest BCUT2D eigenvalue weighted by Gasteiger charge is 2.29. The van der Waals surface area contributed by atoms with Gasteiger partial charge < -0.3 is 29.1 Å². The molecular weight excluding hydrogens is 438 g/mol. The minimum Gasteiger partial charge on any atom is -0.465 e. The van der Waals surface area contributed by atoms with Crippen molar-refractivity contribution in [1.82, 2.24) is 19.8 Å². The maximum absolute atomic E-state index is 11.3. The van der Waals surface area contributed by atoms with Crippen LogP contribution in [0.1, 0.15) is 23.7 Å². The summed E-state index contributed by atoms with van der Waals surface area (Å²) >= 11 is 0. The first-order chi connectivity index (χ1) is 16.5. The van der Waals surface area contributed by atoms with E-state index in [1.165, 1.54) is 10.5 Å². The molecule has 1 N–H and O–H groups in total. The van der Waals surface area contributed by atoms with E-state index in [9.17, 15) is 9.90 Å². The van der Waals surface area contributed by atoms with Crippen LogP contribution in [0.15, 0.2) is 30.3 Å². The number of hydrogen-bond donors (Lipinski definition) is 1. The lowest BCUT2D eigenvalue weighted by Crippen LogP contribution is -2.49. The summed E-state index contributed by atoms with van der Waals surface area (Å²) < 4.78 is 16.7. The zero-order valence-electron chi connectivity index (χ0n) is 20.0. The van der Waals surface area contributed by atoms with Crippen LogP contribution in [-0.4, -0.2) is 90.3 Å². The fraction of sp³-hybridized carbons (Fsp3) is 0.542. The smallest absolute Gasteiger partial charge is 0.407 e. The van der Waals surface area contributed by atoms with Crippen LogP contribution in [0.2, 0.25) is 0 Å². The predicted molar refractivity (Wildman–Crippen MR) is 126 cm³/mol. The number of amides is 1. The third-order valence-electron chi connectivity index (χ3n) is 6.34. The number of carbonyl (C=O) groups is 1. The number of methoxy groups -OCH3 is 2. The minimum atomic E-state index is -0.885. The van der Waals surface area contributed by atoms with Gasteiger partial charge in [0.15, 0.2) is 6.29 Å². The Hall–Kier alpha value is -2.95. The Bertz CT molecular complexity index is 964. The maximum atomic E-state index is 11.3. The standard InChI is InChI=1S/C24H33N5O5/c1-17(22(32-2)33-3)34-23-25-20-16-27(15-18-7-5-4-6-8-18)10-9-19(20)21(26-23)28-11-13-29(14-12-28)24(30)31/h4-8,17,22H,9-16H2,1-3H3,(H,30,31)/t17-/m1/s1. The van der Waals surface area contributed by atoms with Gasteiger partial charge in [-0.2, -0.15) is 9.97 Å². The molecule has 0 saturated carbocycles. The second-order valence-electron chi connectivity index (χ2n) is 8.62. The SMILES string of the molecule is COC(OC)[C@@H](C)Oc1nc2c(c(N3CCN(C(=O)O)CC3)n1)CCN(Cc1ccccc1)C2. The van der Waals surface area contributed by atoms with Gasteiger partial charge in [0.05, 0.1) is 5.69 Å². The summed E-state index contributed by atoms with van der Waals surface area (Å²) in [7, 11) is 3.13. The molecule has 2 aromatic rings. The molecule has 1 amide bonds. The highest BCUT2D eigenvalue weighted by Crippen LogP contribution is 2.30. The lowest BCUT2D eigenvalue weighted by Gasteiger charge is -2.37.